The number of nitrogens with zero attached hydrogens (tertiary/aromatic N) is 1. The number of aliphatic carboxylic acids is 1. The first-order chi connectivity index (χ1) is 9.34. The molecule has 0 unspecified atom stereocenters. The lowest BCUT2D eigenvalue weighted by atomic mass is 10.0. The second-order valence-corrected chi connectivity index (χ2v) is 5.91. The van der Waals surface area contributed by atoms with Crippen molar-refractivity contribution in [1.82, 2.24) is 4.90 Å². The fraction of sp³-hybridized carbons (Fsp3) is 0.467. The minimum atomic E-state index is -1.22. The summed E-state index contributed by atoms with van der Waals surface area (Å²) in [4.78, 5) is 25.1. The summed E-state index contributed by atoms with van der Waals surface area (Å²) in [6.07, 6.45) is 2.02. The molecule has 0 radical (unpaired) electrons. The van der Waals surface area contributed by atoms with Gasteiger partial charge in [-0.25, -0.2) is 4.79 Å². The zero-order valence-electron chi connectivity index (χ0n) is 12.3. The van der Waals surface area contributed by atoms with Gasteiger partial charge in [-0.05, 0) is 44.7 Å². The first kappa shape index (κ1) is 16.6. The van der Waals surface area contributed by atoms with Gasteiger partial charge in [0.1, 0.15) is 5.54 Å². The van der Waals surface area contributed by atoms with Gasteiger partial charge in [0.25, 0.3) is 5.91 Å². The summed E-state index contributed by atoms with van der Waals surface area (Å²) in [6.45, 7) is 5.22. The van der Waals surface area contributed by atoms with E-state index < -0.39 is 11.5 Å². The summed E-state index contributed by atoms with van der Waals surface area (Å²) in [5.41, 5.74) is 0.449. The fourth-order valence-corrected chi connectivity index (χ4v) is 2.50. The third-order valence-corrected chi connectivity index (χ3v) is 3.89. The number of carboxylic acids is 1. The smallest absolute Gasteiger partial charge is 0.329 e. The average molecular weight is 295 g/mol. The molecule has 0 aliphatic carbocycles. The molecule has 0 heterocycles. The zero-order chi connectivity index (χ0) is 15.3. The Morgan fingerprint density at radius 3 is 2.20 bits per heavy atom. The maximum absolute atomic E-state index is 12.5. The van der Waals surface area contributed by atoms with Gasteiger partial charge in [0.15, 0.2) is 0 Å². The number of hydrogen-bond acceptors (Lipinski definition) is 3. The van der Waals surface area contributed by atoms with Crippen molar-refractivity contribution in [1.29, 1.82) is 0 Å². The maximum atomic E-state index is 12.5. The van der Waals surface area contributed by atoms with E-state index in [4.69, 9.17) is 0 Å². The summed E-state index contributed by atoms with van der Waals surface area (Å²) in [6, 6.07) is 7.33. The Labute approximate surface area is 124 Å². The maximum Gasteiger partial charge on any atom is 0.329 e. The number of carbonyl (C=O) groups excluding carboxylic acids is 1. The van der Waals surface area contributed by atoms with Gasteiger partial charge in [-0.2, -0.15) is 11.8 Å². The second-order valence-electron chi connectivity index (χ2n) is 5.04. The van der Waals surface area contributed by atoms with E-state index in [0.717, 1.165) is 11.3 Å². The lowest BCUT2D eigenvalue weighted by molar-refractivity contribution is -0.147. The molecule has 1 amide bonds. The van der Waals surface area contributed by atoms with Crippen molar-refractivity contribution in [3.8, 4) is 0 Å². The molecule has 0 atom stereocenters. The van der Waals surface area contributed by atoms with Crippen LogP contribution in [0.3, 0.4) is 0 Å². The van der Waals surface area contributed by atoms with Crippen LogP contribution in [-0.4, -0.2) is 40.2 Å². The van der Waals surface area contributed by atoms with Crippen LogP contribution in [0.2, 0.25) is 0 Å². The topological polar surface area (TPSA) is 57.6 Å². The molecule has 4 nitrogen and oxygen atoms in total. The Kier molecular flexibility index (Phi) is 5.62. The first-order valence-corrected chi connectivity index (χ1v) is 7.87. The molecule has 1 N–H and O–H groups in total. The highest BCUT2D eigenvalue weighted by Crippen LogP contribution is 2.19. The van der Waals surface area contributed by atoms with Gasteiger partial charge in [0.05, 0.1) is 0 Å². The van der Waals surface area contributed by atoms with Crippen LogP contribution in [0.4, 0.5) is 0 Å². The van der Waals surface area contributed by atoms with Crippen LogP contribution in [0.15, 0.2) is 24.3 Å². The summed E-state index contributed by atoms with van der Waals surface area (Å²) >= 11 is 1.71. The lowest BCUT2D eigenvalue weighted by Crippen LogP contribution is -2.52. The molecular formula is C15H21NO3S. The van der Waals surface area contributed by atoms with Crippen LogP contribution < -0.4 is 0 Å². The van der Waals surface area contributed by atoms with Crippen molar-refractivity contribution in [3.63, 3.8) is 0 Å². The van der Waals surface area contributed by atoms with E-state index in [1.807, 2.05) is 18.4 Å². The van der Waals surface area contributed by atoms with Crippen LogP contribution in [0.5, 0.6) is 0 Å². The molecule has 1 rings (SSSR count). The van der Waals surface area contributed by atoms with Crippen molar-refractivity contribution in [2.45, 2.75) is 32.1 Å². The van der Waals surface area contributed by atoms with Gasteiger partial charge in [-0.1, -0.05) is 12.1 Å². The molecule has 0 aromatic heterocycles. The minimum absolute atomic E-state index is 0.254. The number of carboxylic acid groups (broad SMARTS) is 1. The largest absolute Gasteiger partial charge is 0.480 e. The highest BCUT2D eigenvalue weighted by Gasteiger charge is 2.37. The van der Waals surface area contributed by atoms with Gasteiger partial charge in [-0.3, -0.25) is 4.79 Å². The molecule has 0 fully saturated rings. The predicted octanol–water partition coefficient (Wildman–Crippen LogP) is 2.87. The summed E-state index contributed by atoms with van der Waals surface area (Å²) in [5, 5.41) is 9.26. The van der Waals surface area contributed by atoms with Crippen LogP contribution in [0, 0.1) is 0 Å². The summed E-state index contributed by atoms with van der Waals surface area (Å²) in [5.74, 6) is -0.366. The monoisotopic (exact) mass is 295 g/mol. The number of thioether (sulfide) groups is 1. The average Bonchev–Trinajstić information content (AvgIpc) is 2.40. The number of rotatable bonds is 6. The Morgan fingerprint density at radius 1 is 1.25 bits per heavy atom. The van der Waals surface area contributed by atoms with E-state index in [0.29, 0.717) is 12.1 Å². The van der Waals surface area contributed by atoms with E-state index in [1.54, 1.807) is 44.7 Å². The highest BCUT2D eigenvalue weighted by atomic mass is 32.2. The number of amides is 1. The van der Waals surface area contributed by atoms with E-state index in [9.17, 15) is 14.7 Å². The molecule has 5 heteroatoms. The second kappa shape index (κ2) is 6.79. The molecule has 0 spiro atoms. The van der Waals surface area contributed by atoms with Crippen molar-refractivity contribution in [2.75, 3.05) is 12.8 Å². The van der Waals surface area contributed by atoms with Crippen LogP contribution in [0.25, 0.3) is 0 Å². The van der Waals surface area contributed by atoms with Gasteiger partial charge < -0.3 is 10.0 Å². The highest BCUT2D eigenvalue weighted by molar-refractivity contribution is 7.97. The Hall–Kier alpha value is -1.49. The van der Waals surface area contributed by atoms with E-state index in [-0.39, 0.29) is 5.91 Å². The molecule has 0 aliphatic rings. The van der Waals surface area contributed by atoms with Gasteiger partial charge in [-0.15, -0.1) is 0 Å². The molecule has 1 aromatic carbocycles. The third kappa shape index (κ3) is 3.54. The van der Waals surface area contributed by atoms with E-state index in [1.165, 1.54) is 4.90 Å². The Balaban J connectivity index is 3.00. The first-order valence-electron chi connectivity index (χ1n) is 6.47. The zero-order valence-corrected chi connectivity index (χ0v) is 13.2. The van der Waals surface area contributed by atoms with Crippen molar-refractivity contribution in [2.24, 2.45) is 0 Å². The van der Waals surface area contributed by atoms with E-state index >= 15 is 0 Å². The SMILES string of the molecule is CCN(C(=O)c1ccc(CSC)cc1)C(C)(C)C(=O)O. The van der Waals surface area contributed by atoms with Crippen molar-refractivity contribution >= 4 is 23.6 Å². The van der Waals surface area contributed by atoms with Crippen molar-refractivity contribution in [3.05, 3.63) is 35.4 Å². The van der Waals surface area contributed by atoms with Crippen molar-refractivity contribution < 1.29 is 14.7 Å². The molecule has 0 aliphatic heterocycles. The number of benzene rings is 1. The summed E-state index contributed by atoms with van der Waals surface area (Å²) < 4.78 is 0. The van der Waals surface area contributed by atoms with Gasteiger partial charge >= 0.3 is 5.97 Å². The van der Waals surface area contributed by atoms with E-state index in [2.05, 4.69) is 0 Å². The van der Waals surface area contributed by atoms with Gasteiger partial charge in [0, 0.05) is 17.9 Å². The lowest BCUT2D eigenvalue weighted by Gasteiger charge is -2.34. The molecule has 1 aromatic rings. The molecular weight excluding hydrogens is 274 g/mol. The molecule has 110 valence electrons. The Bertz CT molecular complexity index is 482. The number of carbonyl (C=O) groups is 2. The standard InChI is InChI=1S/C15H21NO3S/c1-5-16(15(2,3)14(18)19)13(17)12-8-6-11(7-9-12)10-20-4/h6-9H,5,10H2,1-4H3,(H,18,19). The third-order valence-electron chi connectivity index (χ3n) is 3.27. The Morgan fingerprint density at radius 2 is 1.80 bits per heavy atom. The van der Waals surface area contributed by atoms with Crippen LogP contribution in [0.1, 0.15) is 36.7 Å². The van der Waals surface area contributed by atoms with Crippen LogP contribution >= 0.6 is 11.8 Å². The van der Waals surface area contributed by atoms with Gasteiger partial charge in [0.2, 0.25) is 0 Å². The summed E-state index contributed by atoms with van der Waals surface area (Å²) in [7, 11) is 0. The predicted molar refractivity (Wildman–Crippen MR) is 82.1 cm³/mol. The quantitative estimate of drug-likeness (QED) is 0.876. The van der Waals surface area contributed by atoms with Crippen LogP contribution in [-0.2, 0) is 10.5 Å². The minimum Gasteiger partial charge on any atom is -0.480 e. The number of hydrogen-bond donors (Lipinski definition) is 1. The molecule has 0 saturated heterocycles. The number of likely N-dealkylation sites (N-methyl/N-ethyl adjacent to an activating group) is 1. The normalized spacial score (nSPS) is 11.2. The molecule has 0 bridgehead atoms. The molecule has 20 heavy (non-hydrogen) atoms. The fourth-order valence-electron chi connectivity index (χ4n) is 1.97. The molecule has 0 saturated carbocycles.